The third kappa shape index (κ3) is 9.71. The molecule has 0 unspecified atom stereocenters. The van der Waals surface area contributed by atoms with Gasteiger partial charge in [0.15, 0.2) is 0 Å². The molecule has 0 spiro atoms. The molecule has 37 heavy (non-hydrogen) atoms. The molecular weight excluding hydrogens is 470 g/mol. The maximum atomic E-state index is 5.01. The summed E-state index contributed by atoms with van der Waals surface area (Å²) in [6.07, 6.45) is 22.1. The fourth-order valence-corrected chi connectivity index (χ4v) is 6.23. The van der Waals surface area contributed by atoms with Crippen LogP contribution in [-0.2, 0) is 6.42 Å². The van der Waals surface area contributed by atoms with Crippen molar-refractivity contribution in [1.29, 1.82) is 0 Å². The second-order valence-corrected chi connectivity index (χ2v) is 12.2. The van der Waals surface area contributed by atoms with E-state index in [2.05, 4.69) is 70.0 Å². The quantitative estimate of drug-likeness (QED) is 0.0942. The molecule has 2 aromatic carbocycles. The van der Waals surface area contributed by atoms with Gasteiger partial charge in [0.25, 0.3) is 0 Å². The largest absolute Gasteiger partial charge is 0.656 e. The van der Waals surface area contributed by atoms with Gasteiger partial charge in [-0.1, -0.05) is 121 Å². The second-order valence-electron chi connectivity index (χ2n) is 11.1. The van der Waals surface area contributed by atoms with E-state index in [0.717, 1.165) is 17.8 Å². The van der Waals surface area contributed by atoms with Crippen molar-refractivity contribution in [3.05, 3.63) is 41.2 Å². The van der Waals surface area contributed by atoms with Crippen LogP contribution in [0.2, 0.25) is 0 Å². The van der Waals surface area contributed by atoms with Crippen molar-refractivity contribution in [3.63, 3.8) is 0 Å². The van der Waals surface area contributed by atoms with Gasteiger partial charge in [0, 0.05) is 36.3 Å². The second kappa shape index (κ2) is 16.1. The van der Waals surface area contributed by atoms with E-state index in [0.29, 0.717) is 0 Å². The summed E-state index contributed by atoms with van der Waals surface area (Å²) < 4.78 is 2.02. The molecule has 0 bridgehead atoms. The van der Waals surface area contributed by atoms with Crippen molar-refractivity contribution in [1.82, 2.24) is 0 Å². The van der Waals surface area contributed by atoms with Gasteiger partial charge < -0.3 is 10.2 Å². The molecule has 0 radical (unpaired) electrons. The van der Waals surface area contributed by atoms with Crippen molar-refractivity contribution in [3.8, 4) is 0 Å². The third-order valence-electron chi connectivity index (χ3n) is 7.54. The first-order valence-electron chi connectivity index (χ1n) is 14.9. The maximum Gasteiger partial charge on any atom is 0.208 e. The van der Waals surface area contributed by atoms with Crippen LogP contribution in [0.25, 0.3) is 5.32 Å². The van der Waals surface area contributed by atoms with Crippen LogP contribution >= 0.6 is 11.8 Å². The highest BCUT2D eigenvalue weighted by Crippen LogP contribution is 2.53. The fraction of sp³-hybridized carbons (Fsp3) is 0.606. The summed E-state index contributed by atoms with van der Waals surface area (Å²) in [5.41, 5.74) is 6.01. The van der Waals surface area contributed by atoms with Crippen molar-refractivity contribution in [2.75, 3.05) is 26.0 Å². The SMILES string of the molecule is C=[N+](C)c1cc2c(cc1CCCCCCCCCCCCCCCCC)[N-]c1ccc(N(C)C)cc1S2. The van der Waals surface area contributed by atoms with Crippen LogP contribution in [0.4, 0.5) is 22.7 Å². The maximum absolute atomic E-state index is 5.01. The predicted octanol–water partition coefficient (Wildman–Crippen LogP) is 10.9. The Bertz CT molecular complexity index is 982. The normalized spacial score (nSPS) is 12.1. The molecule has 3 nitrogen and oxygen atoms in total. The Labute approximate surface area is 232 Å². The topological polar surface area (TPSA) is 20.4 Å². The zero-order chi connectivity index (χ0) is 26.5. The molecule has 0 aromatic heterocycles. The van der Waals surface area contributed by atoms with Crippen molar-refractivity contribution in [2.45, 2.75) is 119 Å². The first-order valence-corrected chi connectivity index (χ1v) is 15.7. The summed E-state index contributed by atoms with van der Waals surface area (Å²) in [5.74, 6) is 0. The number of nitrogens with zero attached hydrogens (tertiary/aromatic N) is 3. The zero-order valence-corrected chi connectivity index (χ0v) is 25.0. The average Bonchev–Trinajstić information content (AvgIpc) is 2.88. The highest BCUT2D eigenvalue weighted by molar-refractivity contribution is 7.99. The van der Waals surface area contributed by atoms with Gasteiger partial charge in [-0.3, -0.25) is 0 Å². The number of fused-ring (bicyclic) bond motifs is 2. The molecule has 0 atom stereocenters. The van der Waals surface area contributed by atoms with Crippen LogP contribution in [0.15, 0.2) is 40.1 Å². The molecule has 0 amide bonds. The van der Waals surface area contributed by atoms with E-state index in [1.165, 1.54) is 123 Å². The van der Waals surface area contributed by atoms with Gasteiger partial charge in [0.2, 0.25) is 5.69 Å². The molecule has 1 aliphatic heterocycles. The smallest absolute Gasteiger partial charge is 0.208 e. The van der Waals surface area contributed by atoms with Crippen LogP contribution in [0, 0.1) is 0 Å². The highest BCUT2D eigenvalue weighted by Gasteiger charge is 2.16. The van der Waals surface area contributed by atoms with Gasteiger partial charge in [-0.15, -0.1) is 11.4 Å². The van der Waals surface area contributed by atoms with Gasteiger partial charge in [-0.25, -0.2) is 4.58 Å². The van der Waals surface area contributed by atoms with Gasteiger partial charge in [-0.2, -0.15) is 0 Å². The van der Waals surface area contributed by atoms with Gasteiger partial charge >= 0.3 is 0 Å². The lowest BCUT2D eigenvalue weighted by Gasteiger charge is -2.34. The fourth-order valence-electron chi connectivity index (χ4n) is 5.22. The summed E-state index contributed by atoms with van der Waals surface area (Å²) in [7, 11) is 6.22. The van der Waals surface area contributed by atoms with Gasteiger partial charge in [0.1, 0.15) is 13.8 Å². The molecule has 0 aliphatic carbocycles. The van der Waals surface area contributed by atoms with E-state index in [-0.39, 0.29) is 0 Å². The van der Waals surface area contributed by atoms with Gasteiger partial charge in [0.05, 0.1) is 0 Å². The summed E-state index contributed by atoms with van der Waals surface area (Å²) in [5, 5.41) is 5.01. The molecule has 3 rings (SSSR count). The molecule has 0 fully saturated rings. The molecule has 1 heterocycles. The predicted molar refractivity (Wildman–Crippen MR) is 166 cm³/mol. The Morgan fingerprint density at radius 3 is 1.81 bits per heavy atom. The Hall–Kier alpha value is -1.94. The van der Waals surface area contributed by atoms with Crippen LogP contribution < -0.4 is 4.90 Å². The number of hydrogen-bond donors (Lipinski definition) is 0. The van der Waals surface area contributed by atoms with Crippen LogP contribution in [-0.4, -0.2) is 32.4 Å². The number of hydrogen-bond acceptors (Lipinski definition) is 2. The van der Waals surface area contributed by atoms with E-state index in [1.54, 1.807) is 0 Å². The molecule has 1 aliphatic rings. The number of anilines is 1. The Morgan fingerprint density at radius 1 is 0.730 bits per heavy atom. The van der Waals surface area contributed by atoms with Crippen LogP contribution in [0.1, 0.15) is 109 Å². The van der Waals surface area contributed by atoms with Gasteiger partial charge in [-0.05, 0) is 29.9 Å². The molecule has 4 heteroatoms. The van der Waals surface area contributed by atoms with E-state index in [1.807, 2.05) is 16.3 Å². The number of benzene rings is 2. The first-order chi connectivity index (χ1) is 18.0. The average molecular weight is 522 g/mol. The standard InChI is InChI=1S/C33H51N3S/c1-6-7-8-9-10-11-12-13-14-15-16-17-18-19-20-21-27-24-30-33(26-31(27)36(4)5)37-32-25-28(35(2)3)22-23-29(32)34-30/h22-26H,4,6-21H2,1-3,5H3. The Kier molecular flexibility index (Phi) is 12.9. The number of unbranched alkanes of at least 4 members (excludes halogenated alkanes) is 14. The summed E-state index contributed by atoms with van der Waals surface area (Å²) in [6, 6.07) is 11.1. The number of aryl methyl sites for hydroxylation is 1. The molecule has 0 saturated carbocycles. The van der Waals surface area contributed by atoms with Crippen molar-refractivity contribution >= 4 is 41.2 Å². The molecule has 0 saturated heterocycles. The Morgan fingerprint density at radius 2 is 1.27 bits per heavy atom. The minimum atomic E-state index is 1.08. The Balaban J connectivity index is 1.36. The van der Waals surface area contributed by atoms with Crippen molar-refractivity contribution < 1.29 is 4.58 Å². The lowest BCUT2D eigenvalue weighted by molar-refractivity contribution is -0.395. The van der Waals surface area contributed by atoms with Crippen molar-refractivity contribution in [2.24, 2.45) is 0 Å². The minimum absolute atomic E-state index is 1.08. The summed E-state index contributed by atoms with van der Waals surface area (Å²) >= 11 is 1.83. The third-order valence-corrected chi connectivity index (χ3v) is 8.64. The number of rotatable bonds is 18. The lowest BCUT2D eigenvalue weighted by atomic mass is 10.0. The lowest BCUT2D eigenvalue weighted by Crippen LogP contribution is -2.08. The molecule has 204 valence electrons. The minimum Gasteiger partial charge on any atom is -0.656 e. The zero-order valence-electron chi connectivity index (χ0n) is 24.2. The van der Waals surface area contributed by atoms with E-state index >= 15 is 0 Å². The summed E-state index contributed by atoms with van der Waals surface area (Å²) in [4.78, 5) is 4.60. The van der Waals surface area contributed by atoms with E-state index in [9.17, 15) is 0 Å². The van der Waals surface area contributed by atoms with Crippen LogP contribution in [0.3, 0.4) is 0 Å². The molecule has 0 N–H and O–H groups in total. The van der Waals surface area contributed by atoms with E-state index in [4.69, 9.17) is 5.32 Å². The molecule has 2 aromatic rings. The highest BCUT2D eigenvalue weighted by atomic mass is 32.2. The molecular formula is C33H51N3S. The first kappa shape index (κ1) is 29.6. The summed E-state index contributed by atoms with van der Waals surface area (Å²) in [6.45, 7) is 6.50. The monoisotopic (exact) mass is 521 g/mol. The van der Waals surface area contributed by atoms with Crippen LogP contribution in [0.5, 0.6) is 0 Å². The van der Waals surface area contributed by atoms with E-state index < -0.39 is 0 Å².